The molecule has 142 valence electrons. The van der Waals surface area contributed by atoms with Crippen molar-refractivity contribution >= 4 is 23.8 Å². The Balaban J connectivity index is 1.70. The molecule has 1 fully saturated rings. The molecule has 0 radical (unpaired) electrons. The molecule has 8 heteroatoms. The number of likely N-dealkylation sites (tertiary alicyclic amines) is 1. The van der Waals surface area contributed by atoms with Crippen molar-refractivity contribution in [3.63, 3.8) is 0 Å². The molecule has 2 aliphatic heterocycles. The predicted octanol–water partition coefficient (Wildman–Crippen LogP) is 1.27. The number of pyridine rings is 1. The minimum Gasteiger partial charge on any atom is -0.467 e. The second kappa shape index (κ2) is 8.16. The monoisotopic (exact) mass is 379 g/mol. The predicted molar refractivity (Wildman–Crippen MR) is 100 cm³/mol. The summed E-state index contributed by atoms with van der Waals surface area (Å²) in [5.74, 6) is 0.767. The van der Waals surface area contributed by atoms with E-state index in [1.165, 1.54) is 7.11 Å². The fourth-order valence-corrected chi connectivity index (χ4v) is 4.40. The van der Waals surface area contributed by atoms with Crippen molar-refractivity contribution in [3.8, 4) is 0 Å². The van der Waals surface area contributed by atoms with Gasteiger partial charge in [0.25, 0.3) is 5.56 Å². The molecule has 1 aromatic heterocycles. The highest BCUT2D eigenvalue weighted by Gasteiger charge is 2.37. The van der Waals surface area contributed by atoms with Crippen LogP contribution in [0.5, 0.6) is 0 Å². The van der Waals surface area contributed by atoms with Crippen LogP contribution in [0.3, 0.4) is 0 Å². The maximum Gasteiger partial charge on any atom is 0.328 e. The molecule has 2 aliphatic rings. The number of aromatic nitrogens is 1. The number of piperidine rings is 1. The van der Waals surface area contributed by atoms with Crippen molar-refractivity contribution < 1.29 is 14.3 Å². The van der Waals surface area contributed by atoms with Crippen LogP contribution in [0.4, 0.5) is 4.79 Å². The van der Waals surface area contributed by atoms with Crippen LogP contribution >= 0.6 is 11.8 Å². The zero-order valence-corrected chi connectivity index (χ0v) is 16.0. The van der Waals surface area contributed by atoms with E-state index in [0.717, 1.165) is 17.9 Å². The van der Waals surface area contributed by atoms with Gasteiger partial charge < -0.3 is 19.5 Å². The Morgan fingerprint density at radius 2 is 2.15 bits per heavy atom. The molecule has 1 saturated heterocycles. The first-order chi connectivity index (χ1) is 12.5. The lowest BCUT2D eigenvalue weighted by Crippen LogP contribution is -2.54. The molecular formula is C18H25N3O4S. The van der Waals surface area contributed by atoms with Gasteiger partial charge in [0.1, 0.15) is 6.04 Å². The van der Waals surface area contributed by atoms with Crippen molar-refractivity contribution in [1.29, 1.82) is 0 Å². The number of esters is 1. The summed E-state index contributed by atoms with van der Waals surface area (Å²) in [5.41, 5.74) is 1.02. The minimum atomic E-state index is -0.628. The maximum atomic E-state index is 12.7. The smallest absolute Gasteiger partial charge is 0.328 e. The van der Waals surface area contributed by atoms with Gasteiger partial charge in [-0.2, -0.15) is 11.8 Å². The number of carbonyl (C=O) groups is 2. The maximum absolute atomic E-state index is 12.7. The number of amides is 2. The highest BCUT2D eigenvalue weighted by atomic mass is 32.2. The molecule has 3 atom stereocenters. The van der Waals surface area contributed by atoms with E-state index in [9.17, 15) is 14.4 Å². The van der Waals surface area contributed by atoms with Crippen molar-refractivity contribution in [2.24, 2.45) is 5.92 Å². The molecule has 0 aliphatic carbocycles. The largest absolute Gasteiger partial charge is 0.467 e. The topological polar surface area (TPSA) is 80.6 Å². The van der Waals surface area contributed by atoms with E-state index in [1.807, 2.05) is 16.9 Å². The number of nitrogens with zero attached hydrogens (tertiary/aromatic N) is 2. The van der Waals surface area contributed by atoms with Crippen molar-refractivity contribution in [2.75, 3.05) is 32.2 Å². The highest BCUT2D eigenvalue weighted by Crippen LogP contribution is 2.34. The molecule has 7 nitrogen and oxygen atoms in total. The molecule has 3 heterocycles. The standard InChI is InChI=1S/C18H25N3O4S/c1-25-17(23)14(6-7-26-2)19-18(24)20-9-12-8-13(11-20)15-4-3-5-16(22)21(15)10-12/h3-5,12-14H,6-11H2,1-2H3,(H,19,24)/t12-,13+,14-/m0/s1. The molecule has 0 saturated carbocycles. The first kappa shape index (κ1) is 18.8. The molecule has 0 aromatic carbocycles. The number of carbonyl (C=O) groups excluding carboxylic acids is 2. The van der Waals surface area contributed by atoms with Gasteiger partial charge >= 0.3 is 12.0 Å². The number of urea groups is 1. The van der Waals surface area contributed by atoms with E-state index >= 15 is 0 Å². The number of rotatable bonds is 5. The van der Waals surface area contributed by atoms with E-state index in [-0.39, 0.29) is 23.4 Å². The quantitative estimate of drug-likeness (QED) is 0.780. The van der Waals surface area contributed by atoms with E-state index in [4.69, 9.17) is 4.74 Å². The van der Waals surface area contributed by atoms with Gasteiger partial charge in [0, 0.05) is 37.3 Å². The fourth-order valence-electron chi connectivity index (χ4n) is 3.93. The summed E-state index contributed by atoms with van der Waals surface area (Å²) < 4.78 is 6.65. The number of methoxy groups -OCH3 is 1. The third kappa shape index (κ3) is 3.90. The van der Waals surface area contributed by atoms with Gasteiger partial charge in [-0.25, -0.2) is 9.59 Å². The minimum absolute atomic E-state index is 0.0259. The first-order valence-corrected chi connectivity index (χ1v) is 10.2. The van der Waals surface area contributed by atoms with Gasteiger partial charge in [0.05, 0.1) is 7.11 Å². The zero-order valence-electron chi connectivity index (χ0n) is 15.1. The van der Waals surface area contributed by atoms with Gasteiger partial charge in [-0.05, 0) is 36.8 Å². The first-order valence-electron chi connectivity index (χ1n) is 8.85. The van der Waals surface area contributed by atoms with Gasteiger partial charge in [0.2, 0.25) is 0 Å². The summed E-state index contributed by atoms with van der Waals surface area (Å²) in [4.78, 5) is 38.5. The van der Waals surface area contributed by atoms with Crippen LogP contribution in [-0.2, 0) is 16.1 Å². The Kier molecular flexibility index (Phi) is 5.90. The summed E-state index contributed by atoms with van der Waals surface area (Å²) in [6.07, 6.45) is 3.49. The van der Waals surface area contributed by atoms with Crippen LogP contribution in [0.25, 0.3) is 0 Å². The molecule has 0 unspecified atom stereocenters. The summed E-state index contributed by atoms with van der Waals surface area (Å²) in [6.45, 7) is 1.80. The van der Waals surface area contributed by atoms with E-state index < -0.39 is 12.0 Å². The molecule has 2 bridgehead atoms. The lowest BCUT2D eigenvalue weighted by molar-refractivity contribution is -0.142. The third-order valence-electron chi connectivity index (χ3n) is 5.16. The van der Waals surface area contributed by atoms with Crippen LogP contribution in [0, 0.1) is 5.92 Å². The number of hydrogen-bond acceptors (Lipinski definition) is 5. The molecule has 3 rings (SSSR count). The van der Waals surface area contributed by atoms with Crippen LogP contribution < -0.4 is 10.9 Å². The molecular weight excluding hydrogens is 354 g/mol. The average molecular weight is 379 g/mol. The lowest BCUT2D eigenvalue weighted by atomic mass is 9.83. The van der Waals surface area contributed by atoms with Crippen LogP contribution in [0.2, 0.25) is 0 Å². The van der Waals surface area contributed by atoms with Gasteiger partial charge in [0.15, 0.2) is 0 Å². The van der Waals surface area contributed by atoms with Crippen LogP contribution in [0.1, 0.15) is 24.5 Å². The Hall–Kier alpha value is -1.96. The van der Waals surface area contributed by atoms with Crippen LogP contribution in [-0.4, -0.2) is 59.7 Å². The van der Waals surface area contributed by atoms with E-state index in [0.29, 0.717) is 26.1 Å². The number of ether oxygens (including phenoxy) is 1. The Bertz CT molecular complexity index is 735. The molecule has 26 heavy (non-hydrogen) atoms. The lowest BCUT2D eigenvalue weighted by Gasteiger charge is -2.42. The number of hydrogen-bond donors (Lipinski definition) is 1. The Labute approximate surface area is 157 Å². The summed E-state index contributed by atoms with van der Waals surface area (Å²) in [5, 5.41) is 2.83. The van der Waals surface area contributed by atoms with Crippen LogP contribution in [0.15, 0.2) is 23.0 Å². The summed E-state index contributed by atoms with van der Waals surface area (Å²) >= 11 is 1.62. The van der Waals surface area contributed by atoms with Gasteiger partial charge in [-0.3, -0.25) is 4.79 Å². The number of nitrogens with one attached hydrogen (secondary N) is 1. The highest BCUT2D eigenvalue weighted by molar-refractivity contribution is 7.98. The van der Waals surface area contributed by atoms with E-state index in [1.54, 1.807) is 28.8 Å². The normalized spacial score (nSPS) is 22.3. The third-order valence-corrected chi connectivity index (χ3v) is 5.80. The second-order valence-corrected chi connectivity index (χ2v) is 7.90. The Morgan fingerprint density at radius 3 is 2.88 bits per heavy atom. The number of thioether (sulfide) groups is 1. The zero-order chi connectivity index (χ0) is 18.7. The molecule has 0 spiro atoms. The summed E-state index contributed by atoms with van der Waals surface area (Å²) in [7, 11) is 1.33. The van der Waals surface area contributed by atoms with Gasteiger partial charge in [-0.1, -0.05) is 6.07 Å². The van der Waals surface area contributed by atoms with Crippen molar-refractivity contribution in [1.82, 2.24) is 14.8 Å². The summed E-state index contributed by atoms with van der Waals surface area (Å²) in [6, 6.07) is 4.48. The molecule has 2 amide bonds. The number of fused-ring (bicyclic) bond motifs is 4. The second-order valence-electron chi connectivity index (χ2n) is 6.91. The SMILES string of the molecule is COC(=O)[C@H](CCSC)NC(=O)N1C[C@@H]2C[C@H](C1)c1cccc(=O)n1C2. The van der Waals surface area contributed by atoms with Gasteiger partial charge in [-0.15, -0.1) is 0 Å². The van der Waals surface area contributed by atoms with E-state index in [2.05, 4.69) is 5.32 Å². The van der Waals surface area contributed by atoms with Crippen molar-refractivity contribution in [2.45, 2.75) is 31.3 Å². The molecule has 1 aromatic rings. The molecule has 1 N–H and O–H groups in total. The Morgan fingerprint density at radius 1 is 1.35 bits per heavy atom. The van der Waals surface area contributed by atoms with Crippen molar-refractivity contribution in [3.05, 3.63) is 34.2 Å². The fraction of sp³-hybridized carbons (Fsp3) is 0.611. The average Bonchev–Trinajstić information content (AvgIpc) is 2.65.